The van der Waals surface area contributed by atoms with E-state index in [4.69, 9.17) is 10.00 Å². The summed E-state index contributed by atoms with van der Waals surface area (Å²) in [5.74, 6) is 0.512. The van der Waals surface area contributed by atoms with E-state index in [1.807, 2.05) is 30.3 Å². The van der Waals surface area contributed by atoms with E-state index in [-0.39, 0.29) is 24.3 Å². The van der Waals surface area contributed by atoms with E-state index in [9.17, 15) is 4.79 Å². The van der Waals surface area contributed by atoms with Gasteiger partial charge in [-0.2, -0.15) is 5.26 Å². The highest BCUT2D eigenvalue weighted by atomic mass is 16.5. The van der Waals surface area contributed by atoms with Crippen molar-refractivity contribution in [2.75, 3.05) is 25.1 Å². The number of aromatic nitrogens is 4. The number of anilines is 1. The van der Waals surface area contributed by atoms with Crippen molar-refractivity contribution >= 4 is 22.5 Å². The molecule has 0 bridgehead atoms. The van der Waals surface area contributed by atoms with Crippen molar-refractivity contribution in [1.82, 2.24) is 25.1 Å². The molecule has 0 spiro atoms. The fourth-order valence-corrected chi connectivity index (χ4v) is 3.36. The fraction of sp³-hybridized carbons (Fsp3) is 0.316. The molecule has 28 heavy (non-hydrogen) atoms. The van der Waals surface area contributed by atoms with Crippen LogP contribution < -0.4 is 15.0 Å². The average molecular weight is 377 g/mol. The summed E-state index contributed by atoms with van der Waals surface area (Å²) in [5, 5.41) is 16.7. The van der Waals surface area contributed by atoms with E-state index in [0.717, 1.165) is 36.1 Å². The molecule has 0 radical (unpaired) electrons. The van der Waals surface area contributed by atoms with Crippen LogP contribution in [0.25, 0.3) is 10.9 Å². The number of carbonyl (C=O) groups excluding carboxylic acids is 1. The lowest BCUT2D eigenvalue weighted by Gasteiger charge is -2.19. The largest absolute Gasteiger partial charge is 0.481 e. The van der Waals surface area contributed by atoms with Crippen LogP contribution in [0, 0.1) is 11.3 Å². The lowest BCUT2D eigenvalue weighted by molar-refractivity contribution is -0.122. The fourth-order valence-electron chi connectivity index (χ4n) is 3.36. The number of nitrogens with one attached hydrogen (secondary N) is 1. The maximum Gasteiger partial charge on any atom is 0.252 e. The Bertz CT molecular complexity index is 1060. The first-order valence-electron chi connectivity index (χ1n) is 8.93. The average Bonchev–Trinajstić information content (AvgIpc) is 3.36. The first-order chi connectivity index (χ1) is 13.6. The first-order valence-corrected chi connectivity index (χ1v) is 8.93. The molecule has 0 aliphatic carbocycles. The molecule has 1 amide bonds. The van der Waals surface area contributed by atoms with Crippen molar-refractivity contribution < 1.29 is 9.53 Å². The molecule has 9 heteroatoms. The number of hydrogen-bond acceptors (Lipinski definition) is 7. The summed E-state index contributed by atoms with van der Waals surface area (Å²) in [5.41, 5.74) is 1.99. The molecule has 9 nitrogen and oxygen atoms in total. The Morgan fingerprint density at radius 2 is 2.29 bits per heavy atom. The van der Waals surface area contributed by atoms with Crippen molar-refractivity contribution in [3.63, 3.8) is 0 Å². The maximum atomic E-state index is 12.2. The topological polar surface area (TPSA) is 109 Å². The molecule has 4 rings (SSSR count). The molecular formula is C19H19N7O2. The van der Waals surface area contributed by atoms with Gasteiger partial charge in [-0.15, -0.1) is 5.10 Å². The van der Waals surface area contributed by atoms with Gasteiger partial charge in [-0.05, 0) is 30.7 Å². The molecular weight excluding hydrogens is 358 g/mol. The van der Waals surface area contributed by atoms with Crippen LogP contribution in [-0.2, 0) is 11.3 Å². The Morgan fingerprint density at radius 1 is 1.39 bits per heavy atom. The zero-order valence-corrected chi connectivity index (χ0v) is 15.4. The number of rotatable bonds is 5. The minimum Gasteiger partial charge on any atom is -0.481 e. The number of fused-ring (bicyclic) bond motifs is 1. The molecule has 1 fully saturated rings. The molecule has 1 atom stereocenters. The molecule has 0 unspecified atom stereocenters. The number of benzene rings is 1. The number of methoxy groups -OCH3 is 1. The molecule has 3 heterocycles. The Morgan fingerprint density at radius 3 is 3.07 bits per heavy atom. The number of hydrogen-bond donors (Lipinski definition) is 1. The van der Waals surface area contributed by atoms with Gasteiger partial charge < -0.3 is 15.0 Å². The van der Waals surface area contributed by atoms with Gasteiger partial charge in [-0.25, -0.2) is 14.6 Å². The lowest BCUT2D eigenvalue weighted by Crippen LogP contribution is -2.39. The summed E-state index contributed by atoms with van der Waals surface area (Å²) >= 11 is 0. The molecule has 142 valence electrons. The molecule has 3 aromatic rings. The molecule has 1 saturated heterocycles. The van der Waals surface area contributed by atoms with Crippen molar-refractivity contribution in [3.05, 3.63) is 42.5 Å². The Hall–Kier alpha value is -3.67. The van der Waals surface area contributed by atoms with E-state index < -0.39 is 0 Å². The summed E-state index contributed by atoms with van der Waals surface area (Å²) in [6.45, 7) is 1.65. The number of nitriles is 1. The van der Waals surface area contributed by atoms with Crippen molar-refractivity contribution in [2.45, 2.75) is 19.0 Å². The quantitative estimate of drug-likeness (QED) is 0.709. The van der Waals surface area contributed by atoms with Crippen LogP contribution in [0.3, 0.4) is 0 Å². The van der Waals surface area contributed by atoms with E-state index in [1.165, 1.54) is 11.0 Å². The maximum absolute atomic E-state index is 12.2. The van der Waals surface area contributed by atoms with Crippen molar-refractivity contribution in [1.29, 1.82) is 5.26 Å². The van der Waals surface area contributed by atoms with Gasteiger partial charge in [0.15, 0.2) is 0 Å². The van der Waals surface area contributed by atoms with Crippen LogP contribution in [0.15, 0.2) is 36.7 Å². The monoisotopic (exact) mass is 377 g/mol. The predicted molar refractivity (Wildman–Crippen MR) is 102 cm³/mol. The summed E-state index contributed by atoms with van der Waals surface area (Å²) in [7, 11) is 1.60. The SMILES string of the molecule is COc1ccc2cc(N3CC[C@H](NC(=O)Cn4cnc(C#N)n4)C3)ccc2n1. The van der Waals surface area contributed by atoms with E-state index in [2.05, 4.69) is 31.3 Å². The third kappa shape index (κ3) is 3.71. The Balaban J connectivity index is 1.37. The van der Waals surface area contributed by atoms with Crippen LogP contribution in [0.5, 0.6) is 5.88 Å². The van der Waals surface area contributed by atoms with Gasteiger partial charge in [-0.1, -0.05) is 0 Å². The minimum atomic E-state index is -0.143. The Labute approximate surface area is 161 Å². The van der Waals surface area contributed by atoms with Crippen LogP contribution in [0.1, 0.15) is 12.2 Å². The number of pyridine rings is 1. The second-order valence-corrected chi connectivity index (χ2v) is 6.61. The van der Waals surface area contributed by atoms with Gasteiger partial charge in [0, 0.05) is 36.3 Å². The highest BCUT2D eigenvalue weighted by Crippen LogP contribution is 2.25. The molecule has 1 aliphatic rings. The lowest BCUT2D eigenvalue weighted by atomic mass is 10.2. The zero-order chi connectivity index (χ0) is 19.5. The summed E-state index contributed by atoms with van der Waals surface area (Å²) in [6, 6.07) is 11.9. The molecule has 1 aromatic carbocycles. The molecule has 2 aromatic heterocycles. The van der Waals surface area contributed by atoms with Crippen LogP contribution in [0.4, 0.5) is 5.69 Å². The van der Waals surface area contributed by atoms with Crippen LogP contribution in [0.2, 0.25) is 0 Å². The van der Waals surface area contributed by atoms with Gasteiger partial charge in [0.25, 0.3) is 5.82 Å². The highest BCUT2D eigenvalue weighted by molar-refractivity contribution is 5.83. The normalized spacial score (nSPS) is 16.1. The predicted octanol–water partition coefficient (Wildman–Crippen LogP) is 1.10. The third-order valence-electron chi connectivity index (χ3n) is 4.72. The number of nitrogens with zero attached hydrogens (tertiary/aromatic N) is 6. The highest BCUT2D eigenvalue weighted by Gasteiger charge is 2.24. The Kier molecular flexibility index (Phi) is 4.76. The first kappa shape index (κ1) is 17.7. The summed E-state index contributed by atoms with van der Waals surface area (Å²) in [6.07, 6.45) is 2.25. The smallest absolute Gasteiger partial charge is 0.252 e. The van der Waals surface area contributed by atoms with Gasteiger partial charge in [-0.3, -0.25) is 4.79 Å². The van der Waals surface area contributed by atoms with Crippen LogP contribution >= 0.6 is 0 Å². The number of ether oxygens (including phenoxy) is 1. The molecule has 1 aliphatic heterocycles. The third-order valence-corrected chi connectivity index (χ3v) is 4.72. The zero-order valence-electron chi connectivity index (χ0n) is 15.4. The van der Waals surface area contributed by atoms with Crippen molar-refractivity contribution in [2.24, 2.45) is 0 Å². The van der Waals surface area contributed by atoms with E-state index >= 15 is 0 Å². The van der Waals surface area contributed by atoms with Crippen molar-refractivity contribution in [3.8, 4) is 11.9 Å². The second kappa shape index (κ2) is 7.52. The number of amides is 1. The van der Waals surface area contributed by atoms with Gasteiger partial charge >= 0.3 is 0 Å². The van der Waals surface area contributed by atoms with E-state index in [0.29, 0.717) is 5.88 Å². The molecule has 0 saturated carbocycles. The van der Waals surface area contributed by atoms with Gasteiger partial charge in [0.1, 0.15) is 18.9 Å². The van der Waals surface area contributed by atoms with Gasteiger partial charge in [0.2, 0.25) is 11.8 Å². The van der Waals surface area contributed by atoms with Gasteiger partial charge in [0.05, 0.1) is 12.6 Å². The standard InChI is InChI=1S/C19H19N7O2/c1-28-19-5-2-13-8-15(3-4-16(13)23-19)25-7-6-14(10-25)22-18(27)11-26-12-21-17(9-20)24-26/h2-5,8,12,14H,6-7,10-11H2,1H3,(H,22,27)/t14-/m0/s1. The minimum absolute atomic E-state index is 0.0503. The summed E-state index contributed by atoms with van der Waals surface area (Å²) in [4.78, 5) is 22.7. The second-order valence-electron chi connectivity index (χ2n) is 6.61. The number of carbonyl (C=O) groups is 1. The van der Waals surface area contributed by atoms with E-state index in [1.54, 1.807) is 7.11 Å². The van der Waals surface area contributed by atoms with Crippen LogP contribution in [-0.4, -0.2) is 51.9 Å². The molecule has 1 N–H and O–H groups in total. The summed E-state index contributed by atoms with van der Waals surface area (Å²) < 4.78 is 6.53.